The monoisotopic (exact) mass is 522 g/mol. The zero-order valence-electron chi connectivity index (χ0n) is 18.0. The van der Waals surface area contributed by atoms with Crippen LogP contribution in [0.25, 0.3) is 0 Å². The Hall–Kier alpha value is -2.19. The smallest absolute Gasteiger partial charge is 0.264 e. The van der Waals surface area contributed by atoms with E-state index in [-0.39, 0.29) is 17.3 Å². The van der Waals surface area contributed by atoms with Gasteiger partial charge in [0.1, 0.15) is 6.54 Å². The molecule has 3 aromatic rings. The number of thioether (sulfide) groups is 1. The zero-order valence-corrected chi connectivity index (χ0v) is 21.1. The van der Waals surface area contributed by atoms with Gasteiger partial charge in [-0.25, -0.2) is 8.42 Å². The van der Waals surface area contributed by atoms with E-state index in [2.05, 4.69) is 5.32 Å². The maximum absolute atomic E-state index is 13.3. The van der Waals surface area contributed by atoms with Gasteiger partial charge in [0.2, 0.25) is 5.91 Å². The van der Waals surface area contributed by atoms with E-state index in [1.807, 2.05) is 43.3 Å². The average molecular weight is 524 g/mol. The highest BCUT2D eigenvalue weighted by molar-refractivity contribution is 7.98. The lowest BCUT2D eigenvalue weighted by Gasteiger charge is -2.24. The van der Waals surface area contributed by atoms with E-state index in [4.69, 9.17) is 23.2 Å². The van der Waals surface area contributed by atoms with Crippen LogP contribution >= 0.6 is 35.0 Å². The number of hydrogen-bond acceptors (Lipinski definition) is 4. The topological polar surface area (TPSA) is 66.5 Å². The molecule has 0 radical (unpaired) electrons. The summed E-state index contributed by atoms with van der Waals surface area (Å²) in [6.07, 6.45) is 0. The Morgan fingerprint density at radius 3 is 2.33 bits per heavy atom. The Morgan fingerprint density at radius 2 is 1.67 bits per heavy atom. The largest absolute Gasteiger partial charge is 0.354 e. The molecule has 174 valence electrons. The summed E-state index contributed by atoms with van der Waals surface area (Å²) in [5.41, 5.74) is 2.52. The number of nitrogens with zero attached hydrogens (tertiary/aromatic N) is 1. The van der Waals surface area contributed by atoms with Gasteiger partial charge in [-0.2, -0.15) is 11.8 Å². The first-order valence-corrected chi connectivity index (χ1v) is 13.5. The minimum absolute atomic E-state index is 0.0670. The van der Waals surface area contributed by atoms with Crippen LogP contribution in [0.1, 0.15) is 11.1 Å². The lowest BCUT2D eigenvalue weighted by Crippen LogP contribution is -2.41. The van der Waals surface area contributed by atoms with Crippen LogP contribution in [0.4, 0.5) is 5.69 Å². The van der Waals surface area contributed by atoms with Crippen LogP contribution in [0.15, 0.2) is 77.7 Å². The quantitative estimate of drug-likeness (QED) is 0.354. The number of nitrogens with one attached hydrogen (secondary N) is 1. The van der Waals surface area contributed by atoms with Gasteiger partial charge in [-0.05, 0) is 61.0 Å². The van der Waals surface area contributed by atoms with E-state index in [9.17, 15) is 13.2 Å². The summed E-state index contributed by atoms with van der Waals surface area (Å²) in [4.78, 5) is 12.7. The van der Waals surface area contributed by atoms with Crippen molar-refractivity contribution in [3.8, 4) is 0 Å². The summed E-state index contributed by atoms with van der Waals surface area (Å²) in [6.45, 7) is 2.01. The van der Waals surface area contributed by atoms with Gasteiger partial charge in [0.15, 0.2) is 0 Å². The molecule has 3 aromatic carbocycles. The van der Waals surface area contributed by atoms with Gasteiger partial charge in [0, 0.05) is 28.1 Å². The third-order valence-corrected chi connectivity index (χ3v) is 8.04. The lowest BCUT2D eigenvalue weighted by atomic mass is 10.2. The fourth-order valence-corrected chi connectivity index (χ4v) is 5.59. The van der Waals surface area contributed by atoms with Crippen LogP contribution in [0, 0.1) is 6.92 Å². The van der Waals surface area contributed by atoms with Gasteiger partial charge in [-0.3, -0.25) is 9.10 Å². The molecule has 5 nitrogen and oxygen atoms in total. The highest BCUT2D eigenvalue weighted by Crippen LogP contribution is 2.25. The molecule has 0 bridgehead atoms. The summed E-state index contributed by atoms with van der Waals surface area (Å²) in [6, 6.07) is 20.5. The van der Waals surface area contributed by atoms with Crippen molar-refractivity contribution < 1.29 is 13.2 Å². The van der Waals surface area contributed by atoms with Crippen molar-refractivity contribution in [3.05, 3.63) is 94.0 Å². The standard InChI is InChI=1S/C24H24Cl2N2O3S2/c1-18-5-9-22(10-6-18)28(33(30,31)23-11-7-20(25)8-12-23)16-24(29)27-13-14-32-17-19-3-2-4-21(26)15-19/h2-12,15H,13-14,16-17H2,1H3,(H,27,29). The van der Waals surface area contributed by atoms with Crippen LogP contribution in [0.5, 0.6) is 0 Å². The van der Waals surface area contributed by atoms with Crippen molar-refractivity contribution in [2.45, 2.75) is 17.6 Å². The average Bonchev–Trinajstić information content (AvgIpc) is 2.78. The summed E-state index contributed by atoms with van der Waals surface area (Å²) in [5.74, 6) is 1.08. The Balaban J connectivity index is 1.64. The summed E-state index contributed by atoms with van der Waals surface area (Å²) < 4.78 is 27.7. The van der Waals surface area contributed by atoms with Crippen LogP contribution in [0.3, 0.4) is 0 Å². The van der Waals surface area contributed by atoms with E-state index in [0.29, 0.717) is 28.0 Å². The maximum atomic E-state index is 13.3. The van der Waals surface area contributed by atoms with Crippen LogP contribution in [0.2, 0.25) is 10.0 Å². The molecule has 9 heteroatoms. The molecule has 1 N–H and O–H groups in total. The first-order valence-electron chi connectivity index (χ1n) is 10.2. The molecule has 0 heterocycles. The molecule has 1 amide bonds. The summed E-state index contributed by atoms with van der Waals surface area (Å²) >= 11 is 13.6. The summed E-state index contributed by atoms with van der Waals surface area (Å²) in [7, 11) is -3.96. The molecule has 0 aromatic heterocycles. The van der Waals surface area contributed by atoms with Crippen molar-refractivity contribution in [2.75, 3.05) is 23.1 Å². The Kier molecular flexibility index (Phi) is 9.09. The molecule has 0 fully saturated rings. The van der Waals surface area contributed by atoms with Crippen molar-refractivity contribution >= 4 is 56.6 Å². The van der Waals surface area contributed by atoms with Crippen molar-refractivity contribution in [1.29, 1.82) is 0 Å². The number of halogens is 2. The zero-order chi connectivity index (χ0) is 23.8. The highest BCUT2D eigenvalue weighted by Gasteiger charge is 2.27. The van der Waals surface area contributed by atoms with Crippen molar-refractivity contribution in [2.24, 2.45) is 0 Å². The number of benzene rings is 3. The Labute approximate surface area is 209 Å². The van der Waals surface area contributed by atoms with Gasteiger partial charge >= 0.3 is 0 Å². The number of rotatable bonds is 10. The van der Waals surface area contributed by atoms with Gasteiger partial charge in [-0.15, -0.1) is 0 Å². The molecule has 0 aliphatic rings. The number of aryl methyl sites for hydroxylation is 1. The van der Waals surface area contributed by atoms with E-state index in [1.54, 1.807) is 23.9 Å². The lowest BCUT2D eigenvalue weighted by molar-refractivity contribution is -0.119. The molecular formula is C24H24Cl2N2O3S2. The third-order valence-electron chi connectivity index (χ3n) is 4.74. The molecule has 3 rings (SSSR count). The predicted molar refractivity (Wildman–Crippen MR) is 138 cm³/mol. The van der Waals surface area contributed by atoms with E-state index in [1.165, 1.54) is 24.3 Å². The van der Waals surface area contributed by atoms with E-state index in [0.717, 1.165) is 21.2 Å². The van der Waals surface area contributed by atoms with Crippen LogP contribution < -0.4 is 9.62 Å². The van der Waals surface area contributed by atoms with E-state index < -0.39 is 10.0 Å². The summed E-state index contributed by atoms with van der Waals surface area (Å²) in [5, 5.41) is 3.94. The van der Waals surface area contributed by atoms with E-state index >= 15 is 0 Å². The molecule has 0 aliphatic heterocycles. The second-order valence-electron chi connectivity index (χ2n) is 7.33. The number of amides is 1. The van der Waals surface area contributed by atoms with Crippen molar-refractivity contribution in [1.82, 2.24) is 5.32 Å². The second kappa shape index (κ2) is 11.8. The molecule has 33 heavy (non-hydrogen) atoms. The predicted octanol–water partition coefficient (Wildman–Crippen LogP) is 5.55. The van der Waals surface area contributed by atoms with Gasteiger partial charge in [0.05, 0.1) is 10.6 Å². The van der Waals surface area contributed by atoms with Gasteiger partial charge in [0.25, 0.3) is 10.0 Å². The maximum Gasteiger partial charge on any atom is 0.264 e. The number of anilines is 1. The molecule has 0 spiro atoms. The first-order chi connectivity index (χ1) is 15.8. The highest BCUT2D eigenvalue weighted by atomic mass is 35.5. The normalized spacial score (nSPS) is 11.2. The molecule has 0 aliphatic carbocycles. The fraction of sp³-hybridized carbons (Fsp3) is 0.208. The molecule has 0 saturated carbocycles. The Bertz CT molecular complexity index is 1190. The molecule has 0 unspecified atom stereocenters. The first kappa shape index (κ1) is 25.4. The molecule has 0 saturated heterocycles. The minimum atomic E-state index is -3.96. The van der Waals surface area contributed by atoms with Crippen LogP contribution in [-0.2, 0) is 20.6 Å². The van der Waals surface area contributed by atoms with Gasteiger partial charge < -0.3 is 5.32 Å². The minimum Gasteiger partial charge on any atom is -0.354 e. The number of carbonyl (C=O) groups is 1. The Morgan fingerprint density at radius 1 is 0.970 bits per heavy atom. The number of hydrogen-bond donors (Lipinski definition) is 1. The molecular weight excluding hydrogens is 499 g/mol. The third kappa shape index (κ3) is 7.40. The van der Waals surface area contributed by atoms with Crippen molar-refractivity contribution in [3.63, 3.8) is 0 Å². The van der Waals surface area contributed by atoms with Crippen LogP contribution in [-0.4, -0.2) is 33.2 Å². The number of sulfonamides is 1. The number of carbonyl (C=O) groups excluding carboxylic acids is 1. The molecule has 0 atom stereocenters. The second-order valence-corrected chi connectivity index (χ2v) is 11.2. The fourth-order valence-electron chi connectivity index (χ4n) is 3.03. The SMILES string of the molecule is Cc1ccc(N(CC(=O)NCCSCc2cccc(Cl)c2)S(=O)(=O)c2ccc(Cl)cc2)cc1. The van der Waals surface area contributed by atoms with Gasteiger partial charge in [-0.1, -0.05) is 53.0 Å².